The molecule has 0 aliphatic heterocycles. The molecule has 0 spiro atoms. The van der Waals surface area contributed by atoms with Crippen LogP contribution in [-0.4, -0.2) is 24.1 Å². The Kier molecular flexibility index (Phi) is 3.40. The van der Waals surface area contributed by atoms with Crippen LogP contribution in [0.5, 0.6) is 0 Å². The van der Waals surface area contributed by atoms with Crippen molar-refractivity contribution in [2.45, 2.75) is 0 Å². The fourth-order valence-electron chi connectivity index (χ4n) is 1.42. The number of hydrogen-bond donors (Lipinski definition) is 1. The van der Waals surface area contributed by atoms with Gasteiger partial charge in [0.2, 0.25) is 0 Å². The molecule has 0 bridgehead atoms. The van der Waals surface area contributed by atoms with E-state index in [1.165, 1.54) is 5.69 Å². The van der Waals surface area contributed by atoms with Crippen molar-refractivity contribution in [2.24, 2.45) is 5.73 Å². The van der Waals surface area contributed by atoms with Crippen molar-refractivity contribution in [2.75, 3.05) is 19.0 Å². The molecule has 0 radical (unpaired) electrons. The van der Waals surface area contributed by atoms with Gasteiger partial charge in [-0.15, -0.1) is 11.3 Å². The van der Waals surface area contributed by atoms with Gasteiger partial charge in [-0.1, -0.05) is 12.2 Å². The third kappa shape index (κ3) is 2.62. The van der Waals surface area contributed by atoms with Crippen LogP contribution in [0.25, 0.3) is 10.6 Å². The van der Waals surface area contributed by atoms with Gasteiger partial charge in [0.1, 0.15) is 15.7 Å². The fourth-order valence-corrected chi connectivity index (χ4v) is 2.43. The van der Waals surface area contributed by atoms with Crippen molar-refractivity contribution in [3.63, 3.8) is 0 Å². The number of hydrogen-bond acceptors (Lipinski definition) is 4. The predicted octanol–water partition coefficient (Wildman–Crippen LogP) is 2.51. The second kappa shape index (κ2) is 4.81. The Morgan fingerprint density at radius 1 is 1.29 bits per heavy atom. The lowest BCUT2D eigenvalue weighted by Gasteiger charge is -2.11. The molecule has 2 rings (SSSR count). The Labute approximate surface area is 110 Å². The molecule has 0 amide bonds. The molecule has 0 atom stereocenters. The topological polar surface area (TPSA) is 42.2 Å². The third-order valence-corrected chi connectivity index (χ3v) is 3.49. The van der Waals surface area contributed by atoms with E-state index in [2.05, 4.69) is 34.1 Å². The summed E-state index contributed by atoms with van der Waals surface area (Å²) in [7, 11) is 4.03. The molecule has 1 heterocycles. The number of rotatable bonds is 3. The first kappa shape index (κ1) is 12.0. The van der Waals surface area contributed by atoms with Gasteiger partial charge in [-0.05, 0) is 24.3 Å². The van der Waals surface area contributed by atoms with Crippen LogP contribution in [0, 0.1) is 0 Å². The van der Waals surface area contributed by atoms with E-state index in [0.29, 0.717) is 10.7 Å². The normalized spacial score (nSPS) is 10.2. The molecule has 2 N–H and O–H groups in total. The SMILES string of the molecule is CN(C)c1ccc(-c2nc(C(N)=S)cs2)cc1. The summed E-state index contributed by atoms with van der Waals surface area (Å²) in [5.74, 6) is 0. The highest BCUT2D eigenvalue weighted by atomic mass is 32.1. The molecule has 2 aromatic rings. The summed E-state index contributed by atoms with van der Waals surface area (Å²) < 4.78 is 0. The lowest BCUT2D eigenvalue weighted by molar-refractivity contribution is 1.13. The first-order chi connectivity index (χ1) is 8.08. The minimum absolute atomic E-state index is 0.345. The van der Waals surface area contributed by atoms with Gasteiger partial charge in [-0.25, -0.2) is 4.98 Å². The van der Waals surface area contributed by atoms with E-state index < -0.39 is 0 Å². The predicted molar refractivity (Wildman–Crippen MR) is 77.8 cm³/mol. The van der Waals surface area contributed by atoms with Gasteiger partial charge in [0.15, 0.2) is 0 Å². The standard InChI is InChI=1S/C12H13N3S2/c1-15(2)9-5-3-8(4-6-9)12-14-10(7-17-12)11(13)16/h3-7H,1-2H3,(H2,13,16). The molecule has 0 aliphatic carbocycles. The average Bonchev–Trinajstić information content (AvgIpc) is 2.78. The zero-order valence-corrected chi connectivity index (χ0v) is 11.3. The van der Waals surface area contributed by atoms with Crippen molar-refractivity contribution in [3.8, 4) is 10.6 Å². The number of thiocarbonyl (C=S) groups is 1. The Morgan fingerprint density at radius 3 is 2.41 bits per heavy atom. The molecule has 17 heavy (non-hydrogen) atoms. The molecule has 0 aliphatic rings. The maximum Gasteiger partial charge on any atom is 0.124 e. The summed E-state index contributed by atoms with van der Waals surface area (Å²) in [6.07, 6.45) is 0. The van der Waals surface area contributed by atoms with Gasteiger partial charge in [0.05, 0.1) is 0 Å². The lowest BCUT2D eigenvalue weighted by atomic mass is 10.2. The zero-order chi connectivity index (χ0) is 12.4. The first-order valence-corrected chi connectivity index (χ1v) is 6.40. The molecular formula is C12H13N3S2. The zero-order valence-electron chi connectivity index (χ0n) is 9.68. The van der Waals surface area contributed by atoms with E-state index >= 15 is 0 Å². The minimum atomic E-state index is 0.345. The van der Waals surface area contributed by atoms with Crippen LogP contribution in [0.4, 0.5) is 5.69 Å². The van der Waals surface area contributed by atoms with Crippen molar-refractivity contribution in [1.82, 2.24) is 4.98 Å². The second-order valence-electron chi connectivity index (χ2n) is 3.84. The summed E-state index contributed by atoms with van der Waals surface area (Å²) >= 11 is 6.45. The van der Waals surface area contributed by atoms with Crippen LogP contribution >= 0.6 is 23.6 Å². The molecule has 0 fully saturated rings. The van der Waals surface area contributed by atoms with Crippen LogP contribution in [0.15, 0.2) is 29.6 Å². The van der Waals surface area contributed by atoms with Crippen molar-refractivity contribution in [1.29, 1.82) is 0 Å². The van der Waals surface area contributed by atoms with E-state index in [1.807, 2.05) is 19.5 Å². The molecule has 1 aromatic heterocycles. The lowest BCUT2D eigenvalue weighted by Crippen LogP contribution is -2.09. The number of aromatic nitrogens is 1. The summed E-state index contributed by atoms with van der Waals surface area (Å²) in [6, 6.07) is 8.24. The summed E-state index contributed by atoms with van der Waals surface area (Å²) in [4.78, 5) is 6.80. The van der Waals surface area contributed by atoms with Crippen LogP contribution in [0.3, 0.4) is 0 Å². The summed E-state index contributed by atoms with van der Waals surface area (Å²) in [5, 5.41) is 2.83. The van der Waals surface area contributed by atoms with E-state index in [9.17, 15) is 0 Å². The van der Waals surface area contributed by atoms with Crippen LogP contribution < -0.4 is 10.6 Å². The molecule has 0 saturated heterocycles. The molecule has 3 nitrogen and oxygen atoms in total. The Morgan fingerprint density at radius 2 is 1.94 bits per heavy atom. The van der Waals surface area contributed by atoms with Crippen molar-refractivity contribution in [3.05, 3.63) is 35.3 Å². The van der Waals surface area contributed by atoms with Crippen LogP contribution in [-0.2, 0) is 0 Å². The van der Waals surface area contributed by atoms with Crippen LogP contribution in [0.1, 0.15) is 5.69 Å². The van der Waals surface area contributed by atoms with E-state index in [-0.39, 0.29) is 0 Å². The van der Waals surface area contributed by atoms with Gasteiger partial charge >= 0.3 is 0 Å². The monoisotopic (exact) mass is 263 g/mol. The highest BCUT2D eigenvalue weighted by Gasteiger charge is 2.06. The molecule has 0 unspecified atom stereocenters. The minimum Gasteiger partial charge on any atom is -0.388 e. The fraction of sp³-hybridized carbons (Fsp3) is 0.167. The van der Waals surface area contributed by atoms with Gasteiger partial charge in [-0.2, -0.15) is 0 Å². The highest BCUT2D eigenvalue weighted by molar-refractivity contribution is 7.80. The number of anilines is 1. The molecule has 5 heteroatoms. The van der Waals surface area contributed by atoms with Gasteiger partial charge in [0.25, 0.3) is 0 Å². The maximum absolute atomic E-state index is 5.54. The first-order valence-electron chi connectivity index (χ1n) is 5.11. The summed E-state index contributed by atoms with van der Waals surface area (Å²) in [5.41, 5.74) is 8.48. The molecule has 88 valence electrons. The quantitative estimate of drug-likeness (QED) is 0.864. The highest BCUT2D eigenvalue weighted by Crippen LogP contribution is 2.25. The third-order valence-electron chi connectivity index (χ3n) is 2.39. The molecular weight excluding hydrogens is 250 g/mol. The number of nitrogens with two attached hydrogens (primary N) is 1. The molecule has 0 saturated carbocycles. The smallest absolute Gasteiger partial charge is 0.124 e. The van der Waals surface area contributed by atoms with E-state index in [4.69, 9.17) is 18.0 Å². The number of thiazole rings is 1. The van der Waals surface area contributed by atoms with E-state index in [0.717, 1.165) is 10.6 Å². The largest absolute Gasteiger partial charge is 0.388 e. The van der Waals surface area contributed by atoms with Crippen molar-refractivity contribution >= 4 is 34.2 Å². The maximum atomic E-state index is 5.54. The Bertz CT molecular complexity index is 529. The van der Waals surface area contributed by atoms with Gasteiger partial charge in [0, 0.05) is 30.7 Å². The Hall–Kier alpha value is -1.46. The van der Waals surface area contributed by atoms with E-state index in [1.54, 1.807) is 11.3 Å². The molecule has 1 aromatic carbocycles. The van der Waals surface area contributed by atoms with Crippen molar-refractivity contribution < 1.29 is 0 Å². The number of benzene rings is 1. The summed E-state index contributed by atoms with van der Waals surface area (Å²) in [6.45, 7) is 0. The average molecular weight is 263 g/mol. The number of nitrogens with zero attached hydrogens (tertiary/aromatic N) is 2. The van der Waals surface area contributed by atoms with Gasteiger partial charge in [-0.3, -0.25) is 0 Å². The van der Waals surface area contributed by atoms with Crippen LogP contribution in [0.2, 0.25) is 0 Å². The Balaban J connectivity index is 2.30. The van der Waals surface area contributed by atoms with Gasteiger partial charge < -0.3 is 10.6 Å². The second-order valence-corrected chi connectivity index (χ2v) is 5.14.